The molecule has 3 N–H and O–H groups in total. The fourth-order valence-corrected chi connectivity index (χ4v) is 2.75. The first-order chi connectivity index (χ1) is 9.45. The molecule has 0 fully saturated rings. The van der Waals surface area contributed by atoms with Gasteiger partial charge in [0, 0.05) is 23.4 Å². The van der Waals surface area contributed by atoms with Crippen LogP contribution < -0.4 is 11.1 Å². The zero-order valence-corrected chi connectivity index (χ0v) is 14.0. The van der Waals surface area contributed by atoms with E-state index >= 15 is 0 Å². The van der Waals surface area contributed by atoms with Crippen molar-refractivity contribution in [2.24, 2.45) is 5.73 Å². The Morgan fingerprint density at radius 2 is 2.14 bits per heavy atom. The van der Waals surface area contributed by atoms with E-state index in [0.29, 0.717) is 11.6 Å². The Bertz CT molecular complexity index is 625. The van der Waals surface area contributed by atoms with E-state index in [0.717, 1.165) is 11.3 Å². The lowest BCUT2D eigenvalue weighted by molar-refractivity contribution is -0.116. The molecule has 0 spiro atoms. The van der Waals surface area contributed by atoms with Crippen LogP contribution in [0.5, 0.6) is 0 Å². The van der Waals surface area contributed by atoms with Crippen LogP contribution in [-0.4, -0.2) is 16.9 Å². The molecule has 1 unspecified atom stereocenters. The largest absolute Gasteiger partial charge is 0.327 e. The number of nitrogens with zero attached hydrogens (tertiary/aromatic N) is 1. The summed E-state index contributed by atoms with van der Waals surface area (Å²) in [7, 11) is 0. The minimum Gasteiger partial charge on any atom is -0.327 e. The number of rotatable bonds is 4. The molecule has 2 aromatic rings. The molecule has 0 saturated heterocycles. The molecule has 0 aliphatic carbocycles. The Labute approximate surface area is 135 Å². The van der Waals surface area contributed by atoms with Crippen LogP contribution in [0.4, 0.5) is 5.13 Å². The monoisotopic (exact) mass is 325 g/mol. The molecule has 0 aliphatic rings. The van der Waals surface area contributed by atoms with Crippen LogP contribution in [0.15, 0.2) is 23.6 Å². The van der Waals surface area contributed by atoms with Crippen LogP contribution in [0, 0.1) is 13.8 Å². The number of aryl methyl sites for hydroxylation is 2. The van der Waals surface area contributed by atoms with Crippen molar-refractivity contribution < 1.29 is 4.79 Å². The Balaban J connectivity index is 0.00000220. The molecule has 1 aromatic heterocycles. The highest BCUT2D eigenvalue weighted by Gasteiger charge is 2.10. The molecular weight excluding hydrogens is 306 g/mol. The highest BCUT2D eigenvalue weighted by atomic mass is 35.5. The van der Waals surface area contributed by atoms with Crippen molar-refractivity contribution in [1.29, 1.82) is 0 Å². The lowest BCUT2D eigenvalue weighted by atomic mass is 10.0. The van der Waals surface area contributed by atoms with Crippen molar-refractivity contribution in [3.63, 3.8) is 0 Å². The number of nitrogens with one attached hydrogen (secondary N) is 1. The van der Waals surface area contributed by atoms with Gasteiger partial charge >= 0.3 is 0 Å². The zero-order chi connectivity index (χ0) is 14.7. The van der Waals surface area contributed by atoms with Gasteiger partial charge in [-0.05, 0) is 26.3 Å². The quantitative estimate of drug-likeness (QED) is 0.903. The van der Waals surface area contributed by atoms with Gasteiger partial charge in [0.05, 0.1) is 5.69 Å². The first kappa shape index (κ1) is 17.6. The number of carbonyl (C=O) groups is 1. The summed E-state index contributed by atoms with van der Waals surface area (Å²) in [6, 6.07) is 6.11. The molecule has 1 amide bonds. The van der Waals surface area contributed by atoms with E-state index in [1.165, 1.54) is 22.5 Å². The third kappa shape index (κ3) is 4.81. The molecule has 2 rings (SSSR count). The smallest absolute Gasteiger partial charge is 0.227 e. The van der Waals surface area contributed by atoms with Gasteiger partial charge in [0.25, 0.3) is 0 Å². The van der Waals surface area contributed by atoms with Crippen molar-refractivity contribution in [3.8, 4) is 11.3 Å². The maximum absolute atomic E-state index is 11.7. The summed E-state index contributed by atoms with van der Waals surface area (Å²) in [5.41, 5.74) is 10.0. The number of nitrogens with two attached hydrogens (primary N) is 1. The average Bonchev–Trinajstić information content (AvgIpc) is 2.75. The molecule has 1 aromatic carbocycles. The van der Waals surface area contributed by atoms with E-state index < -0.39 is 0 Å². The lowest BCUT2D eigenvalue weighted by Crippen LogP contribution is -2.23. The number of benzene rings is 1. The summed E-state index contributed by atoms with van der Waals surface area (Å²) >= 11 is 1.43. The summed E-state index contributed by atoms with van der Waals surface area (Å²) in [6.45, 7) is 5.94. The molecule has 0 saturated carbocycles. The fraction of sp³-hybridized carbons (Fsp3) is 0.333. The number of halogens is 1. The first-order valence-electron chi connectivity index (χ1n) is 6.54. The van der Waals surface area contributed by atoms with Gasteiger partial charge < -0.3 is 11.1 Å². The predicted molar refractivity (Wildman–Crippen MR) is 91.2 cm³/mol. The second kappa shape index (κ2) is 7.54. The molecule has 0 radical (unpaired) electrons. The van der Waals surface area contributed by atoms with Crippen molar-refractivity contribution in [1.82, 2.24) is 4.98 Å². The number of aromatic nitrogens is 1. The molecule has 114 valence electrons. The van der Waals surface area contributed by atoms with Gasteiger partial charge in [0.2, 0.25) is 5.91 Å². The van der Waals surface area contributed by atoms with Gasteiger partial charge in [-0.15, -0.1) is 23.7 Å². The van der Waals surface area contributed by atoms with Crippen molar-refractivity contribution in [2.45, 2.75) is 33.2 Å². The molecule has 1 heterocycles. The normalized spacial score (nSPS) is 11.6. The van der Waals surface area contributed by atoms with E-state index in [9.17, 15) is 4.79 Å². The van der Waals surface area contributed by atoms with E-state index in [4.69, 9.17) is 5.73 Å². The number of thiazole rings is 1. The zero-order valence-electron chi connectivity index (χ0n) is 12.3. The molecule has 1 atom stereocenters. The third-order valence-corrected chi connectivity index (χ3v) is 3.67. The van der Waals surface area contributed by atoms with Crippen molar-refractivity contribution >= 4 is 34.8 Å². The Kier molecular flexibility index (Phi) is 6.33. The summed E-state index contributed by atoms with van der Waals surface area (Å²) in [6.07, 6.45) is 0.304. The maximum atomic E-state index is 11.7. The van der Waals surface area contributed by atoms with E-state index in [1.807, 2.05) is 12.3 Å². The van der Waals surface area contributed by atoms with Gasteiger partial charge in [-0.3, -0.25) is 4.79 Å². The van der Waals surface area contributed by atoms with Crippen LogP contribution >= 0.6 is 23.7 Å². The van der Waals surface area contributed by atoms with E-state index in [-0.39, 0.29) is 24.4 Å². The number of amides is 1. The van der Waals surface area contributed by atoms with Crippen LogP contribution in [0.1, 0.15) is 24.5 Å². The Hall–Kier alpha value is -1.43. The summed E-state index contributed by atoms with van der Waals surface area (Å²) in [5.74, 6) is -0.0958. The van der Waals surface area contributed by atoms with Gasteiger partial charge in [0.15, 0.2) is 5.13 Å². The SMILES string of the molecule is Cc1ccc(-c2csc(NC(=O)CC(C)N)n2)c(C)c1.Cl. The maximum Gasteiger partial charge on any atom is 0.227 e. The summed E-state index contributed by atoms with van der Waals surface area (Å²) in [5, 5.41) is 5.36. The highest BCUT2D eigenvalue weighted by molar-refractivity contribution is 7.14. The fourth-order valence-electron chi connectivity index (χ4n) is 2.02. The Morgan fingerprint density at radius 3 is 2.76 bits per heavy atom. The number of carbonyl (C=O) groups excluding carboxylic acids is 1. The lowest BCUT2D eigenvalue weighted by Gasteiger charge is -2.05. The molecule has 0 bridgehead atoms. The van der Waals surface area contributed by atoms with Crippen LogP contribution in [0.2, 0.25) is 0 Å². The minimum atomic E-state index is -0.145. The minimum absolute atomic E-state index is 0. The Morgan fingerprint density at radius 1 is 1.43 bits per heavy atom. The van der Waals surface area contributed by atoms with Crippen molar-refractivity contribution in [2.75, 3.05) is 5.32 Å². The van der Waals surface area contributed by atoms with Gasteiger partial charge in [-0.25, -0.2) is 4.98 Å². The highest BCUT2D eigenvalue weighted by Crippen LogP contribution is 2.28. The standard InChI is InChI=1S/C15H19N3OS.ClH/c1-9-4-5-12(10(2)6-9)13-8-20-15(17-13)18-14(19)7-11(3)16;/h4-6,8,11H,7,16H2,1-3H3,(H,17,18,19);1H. The van der Waals surface area contributed by atoms with Crippen molar-refractivity contribution in [3.05, 3.63) is 34.7 Å². The topological polar surface area (TPSA) is 68.0 Å². The number of anilines is 1. The average molecular weight is 326 g/mol. The molecular formula is C15H20ClN3OS. The molecule has 6 heteroatoms. The predicted octanol–water partition coefficient (Wildman–Crippen LogP) is 3.52. The van der Waals surface area contributed by atoms with Gasteiger partial charge in [-0.2, -0.15) is 0 Å². The summed E-state index contributed by atoms with van der Waals surface area (Å²) < 4.78 is 0. The van der Waals surface area contributed by atoms with Gasteiger partial charge in [0.1, 0.15) is 0 Å². The molecule has 0 aliphatic heterocycles. The number of hydrogen-bond donors (Lipinski definition) is 2. The van der Waals surface area contributed by atoms with E-state index in [2.05, 4.69) is 42.3 Å². The molecule has 21 heavy (non-hydrogen) atoms. The van der Waals surface area contributed by atoms with Gasteiger partial charge in [-0.1, -0.05) is 23.8 Å². The van der Waals surface area contributed by atoms with E-state index in [1.54, 1.807) is 0 Å². The van der Waals surface area contributed by atoms with Crippen LogP contribution in [0.3, 0.4) is 0 Å². The second-order valence-electron chi connectivity index (χ2n) is 5.09. The third-order valence-electron chi connectivity index (χ3n) is 2.92. The number of hydrogen-bond acceptors (Lipinski definition) is 4. The first-order valence-corrected chi connectivity index (χ1v) is 7.42. The van der Waals surface area contributed by atoms with Crippen LogP contribution in [0.25, 0.3) is 11.3 Å². The summed E-state index contributed by atoms with van der Waals surface area (Å²) in [4.78, 5) is 16.1. The second-order valence-corrected chi connectivity index (χ2v) is 5.94. The van der Waals surface area contributed by atoms with Crippen LogP contribution in [-0.2, 0) is 4.79 Å². The molecule has 4 nitrogen and oxygen atoms in total.